The molecule has 3 rings (SSSR count). The monoisotopic (exact) mass is 286 g/mol. The van der Waals surface area contributed by atoms with Crippen molar-refractivity contribution in [2.24, 2.45) is 16.7 Å². The molecular formula is C19H30N2. The Kier molecular flexibility index (Phi) is 3.17. The van der Waals surface area contributed by atoms with Crippen molar-refractivity contribution in [1.82, 2.24) is 4.98 Å². The molecular weight excluding hydrogens is 256 g/mol. The second-order valence-corrected chi connectivity index (χ2v) is 9.17. The average Bonchev–Trinajstić information content (AvgIpc) is 2.85. The van der Waals surface area contributed by atoms with Gasteiger partial charge in [0.1, 0.15) is 5.82 Å². The number of nitrogens with zero attached hydrogens (tertiary/aromatic N) is 1. The van der Waals surface area contributed by atoms with Crippen LogP contribution in [0.25, 0.3) is 0 Å². The van der Waals surface area contributed by atoms with Crippen molar-refractivity contribution in [3.8, 4) is 0 Å². The number of rotatable bonds is 2. The van der Waals surface area contributed by atoms with E-state index in [1.807, 2.05) is 6.20 Å². The molecule has 1 N–H and O–H groups in total. The fourth-order valence-corrected chi connectivity index (χ4v) is 4.73. The predicted octanol–water partition coefficient (Wildman–Crippen LogP) is 5.01. The summed E-state index contributed by atoms with van der Waals surface area (Å²) in [6.45, 7) is 14.0. The van der Waals surface area contributed by atoms with Gasteiger partial charge in [-0.1, -0.05) is 47.6 Å². The van der Waals surface area contributed by atoms with E-state index in [9.17, 15) is 0 Å². The molecule has 2 aliphatic carbocycles. The van der Waals surface area contributed by atoms with E-state index >= 15 is 0 Å². The maximum absolute atomic E-state index is 4.68. The lowest BCUT2D eigenvalue weighted by Gasteiger charge is -2.43. The van der Waals surface area contributed by atoms with Crippen molar-refractivity contribution in [3.05, 3.63) is 23.9 Å². The summed E-state index contributed by atoms with van der Waals surface area (Å²) in [5.74, 6) is 1.91. The first kappa shape index (κ1) is 14.9. The molecule has 0 aliphatic heterocycles. The van der Waals surface area contributed by atoms with Gasteiger partial charge >= 0.3 is 0 Å². The molecule has 0 radical (unpaired) electrons. The summed E-state index contributed by atoms with van der Waals surface area (Å²) in [4.78, 5) is 4.68. The second-order valence-electron chi connectivity index (χ2n) is 9.17. The maximum atomic E-state index is 4.68. The van der Waals surface area contributed by atoms with Crippen LogP contribution >= 0.6 is 0 Å². The Morgan fingerprint density at radius 2 is 1.90 bits per heavy atom. The highest BCUT2D eigenvalue weighted by atomic mass is 15.1. The van der Waals surface area contributed by atoms with Gasteiger partial charge in [-0.15, -0.1) is 0 Å². The van der Waals surface area contributed by atoms with E-state index in [0.29, 0.717) is 16.9 Å². The van der Waals surface area contributed by atoms with Gasteiger partial charge in [0.15, 0.2) is 0 Å². The molecule has 3 atom stereocenters. The van der Waals surface area contributed by atoms with Gasteiger partial charge in [-0.3, -0.25) is 0 Å². The number of nitrogens with one attached hydrogen (secondary N) is 1. The van der Waals surface area contributed by atoms with Gasteiger partial charge in [0.25, 0.3) is 0 Å². The highest BCUT2D eigenvalue weighted by molar-refractivity contribution is 5.40. The Bertz CT molecular complexity index is 519. The Labute approximate surface area is 129 Å². The summed E-state index contributed by atoms with van der Waals surface area (Å²) in [5, 5.41) is 3.77. The third kappa shape index (κ3) is 2.37. The maximum Gasteiger partial charge on any atom is 0.126 e. The lowest BCUT2D eigenvalue weighted by molar-refractivity contribution is 0.155. The first-order valence-corrected chi connectivity index (χ1v) is 8.36. The first-order valence-electron chi connectivity index (χ1n) is 8.36. The minimum absolute atomic E-state index is 0.170. The van der Waals surface area contributed by atoms with Crippen molar-refractivity contribution >= 4 is 5.82 Å². The summed E-state index contributed by atoms with van der Waals surface area (Å²) < 4.78 is 0. The Morgan fingerprint density at radius 1 is 1.19 bits per heavy atom. The zero-order chi connectivity index (χ0) is 15.5. The van der Waals surface area contributed by atoms with Crippen molar-refractivity contribution in [3.63, 3.8) is 0 Å². The fourth-order valence-electron chi connectivity index (χ4n) is 4.73. The van der Waals surface area contributed by atoms with E-state index in [4.69, 9.17) is 0 Å². The topological polar surface area (TPSA) is 24.9 Å². The van der Waals surface area contributed by atoms with E-state index in [-0.39, 0.29) is 5.41 Å². The number of pyridine rings is 1. The van der Waals surface area contributed by atoms with Crippen LogP contribution in [-0.2, 0) is 5.41 Å². The Morgan fingerprint density at radius 3 is 2.38 bits per heavy atom. The van der Waals surface area contributed by atoms with E-state index in [1.54, 1.807) is 0 Å². The molecule has 2 saturated carbocycles. The molecule has 2 nitrogen and oxygen atoms in total. The molecule has 0 aromatic carbocycles. The van der Waals surface area contributed by atoms with Gasteiger partial charge in [0.05, 0.1) is 0 Å². The molecule has 0 spiro atoms. The van der Waals surface area contributed by atoms with Crippen LogP contribution in [0.3, 0.4) is 0 Å². The molecule has 2 fully saturated rings. The van der Waals surface area contributed by atoms with Crippen molar-refractivity contribution in [1.29, 1.82) is 0 Å². The van der Waals surface area contributed by atoms with Crippen LogP contribution in [0.15, 0.2) is 18.3 Å². The molecule has 1 aromatic rings. The van der Waals surface area contributed by atoms with Crippen LogP contribution in [0.4, 0.5) is 5.82 Å². The molecule has 21 heavy (non-hydrogen) atoms. The SMILES string of the molecule is CC(C)(C)c1ccc(NC2C3(C)CCC(C3)C2(C)C)nc1. The third-order valence-electron chi connectivity index (χ3n) is 6.19. The molecule has 2 aliphatic rings. The molecule has 2 bridgehead atoms. The van der Waals surface area contributed by atoms with Gasteiger partial charge in [0.2, 0.25) is 0 Å². The summed E-state index contributed by atoms with van der Waals surface area (Å²) in [6.07, 6.45) is 6.17. The highest BCUT2D eigenvalue weighted by Crippen LogP contribution is 2.63. The number of hydrogen-bond acceptors (Lipinski definition) is 2. The lowest BCUT2D eigenvalue weighted by Crippen LogP contribution is -2.45. The molecule has 0 amide bonds. The Hall–Kier alpha value is -1.05. The number of fused-ring (bicyclic) bond motifs is 2. The quantitative estimate of drug-likeness (QED) is 0.827. The van der Waals surface area contributed by atoms with Crippen molar-refractivity contribution in [2.75, 3.05) is 5.32 Å². The zero-order valence-electron chi connectivity index (χ0n) is 14.5. The third-order valence-corrected chi connectivity index (χ3v) is 6.19. The van der Waals surface area contributed by atoms with Crippen LogP contribution in [-0.4, -0.2) is 11.0 Å². The van der Waals surface area contributed by atoms with Crippen LogP contribution < -0.4 is 5.32 Å². The van der Waals surface area contributed by atoms with Gasteiger partial charge in [-0.05, 0) is 53.1 Å². The standard InChI is InChI=1S/C19H30N2/c1-17(2,3)14-7-8-15(20-12-14)21-16-18(4,5)13-9-10-19(16,6)11-13/h7-8,12-13,16H,9-11H2,1-6H3,(H,20,21). The van der Waals surface area contributed by atoms with Crippen LogP contribution in [0.5, 0.6) is 0 Å². The fraction of sp³-hybridized carbons (Fsp3) is 0.737. The van der Waals surface area contributed by atoms with E-state index < -0.39 is 0 Å². The minimum atomic E-state index is 0.170. The summed E-state index contributed by atoms with van der Waals surface area (Å²) in [7, 11) is 0. The lowest BCUT2D eigenvalue weighted by atomic mass is 9.68. The highest BCUT2D eigenvalue weighted by Gasteiger charge is 2.59. The van der Waals surface area contributed by atoms with Gasteiger partial charge in [-0.2, -0.15) is 0 Å². The van der Waals surface area contributed by atoms with Gasteiger partial charge < -0.3 is 5.32 Å². The van der Waals surface area contributed by atoms with Gasteiger partial charge in [-0.25, -0.2) is 4.98 Å². The van der Waals surface area contributed by atoms with Crippen molar-refractivity contribution in [2.45, 2.75) is 72.3 Å². The molecule has 3 unspecified atom stereocenters. The average molecular weight is 286 g/mol. The molecule has 1 heterocycles. The minimum Gasteiger partial charge on any atom is -0.366 e. The van der Waals surface area contributed by atoms with Crippen molar-refractivity contribution < 1.29 is 0 Å². The number of hydrogen-bond donors (Lipinski definition) is 1. The van der Waals surface area contributed by atoms with E-state index in [0.717, 1.165) is 11.7 Å². The van der Waals surface area contributed by atoms with Crippen LogP contribution in [0.2, 0.25) is 0 Å². The summed E-state index contributed by atoms with van der Waals surface area (Å²) in [6, 6.07) is 4.92. The zero-order valence-corrected chi connectivity index (χ0v) is 14.5. The van der Waals surface area contributed by atoms with Gasteiger partial charge in [0, 0.05) is 12.2 Å². The van der Waals surface area contributed by atoms with E-state index in [1.165, 1.54) is 24.8 Å². The van der Waals surface area contributed by atoms with E-state index in [2.05, 4.69) is 64.0 Å². The summed E-state index contributed by atoms with van der Waals surface area (Å²) >= 11 is 0. The largest absolute Gasteiger partial charge is 0.366 e. The van der Waals surface area contributed by atoms with Crippen LogP contribution in [0.1, 0.15) is 66.4 Å². The number of anilines is 1. The smallest absolute Gasteiger partial charge is 0.126 e. The first-order chi connectivity index (χ1) is 9.63. The molecule has 116 valence electrons. The molecule has 1 aromatic heterocycles. The molecule has 2 heteroatoms. The van der Waals surface area contributed by atoms with Crippen LogP contribution in [0, 0.1) is 16.7 Å². The normalized spacial score (nSPS) is 34.2. The number of aromatic nitrogens is 1. The summed E-state index contributed by atoms with van der Waals surface area (Å²) in [5.41, 5.74) is 2.28. The predicted molar refractivity (Wildman–Crippen MR) is 89.6 cm³/mol. The molecule has 0 saturated heterocycles. The second kappa shape index (κ2) is 4.47. The Balaban J connectivity index is 1.81.